The first-order valence-corrected chi connectivity index (χ1v) is 5.68. The lowest BCUT2D eigenvalue weighted by molar-refractivity contribution is -0.385. The Bertz CT molecular complexity index is 510. The lowest BCUT2D eigenvalue weighted by atomic mass is 10.2. The first-order chi connectivity index (χ1) is 8.95. The molecule has 0 atom stereocenters. The van der Waals surface area contributed by atoms with Gasteiger partial charge in [-0.15, -0.1) is 0 Å². The molecule has 0 aromatic heterocycles. The Hall–Kier alpha value is -2.37. The Balaban J connectivity index is 2.77. The van der Waals surface area contributed by atoms with Crippen molar-refractivity contribution in [1.82, 2.24) is 0 Å². The third-order valence-electron chi connectivity index (χ3n) is 2.28. The van der Waals surface area contributed by atoms with Crippen molar-refractivity contribution in [2.45, 2.75) is 13.8 Å². The van der Waals surface area contributed by atoms with Crippen molar-refractivity contribution in [3.8, 4) is 5.75 Å². The number of esters is 1. The van der Waals surface area contributed by atoms with Gasteiger partial charge in [0.25, 0.3) is 0 Å². The Kier molecular flexibility index (Phi) is 5.05. The normalized spacial score (nSPS) is 9.79. The number of carbonyl (C=O) groups excluding carboxylic acids is 1. The van der Waals surface area contributed by atoms with Crippen molar-refractivity contribution in [1.29, 1.82) is 0 Å². The largest absolute Gasteiger partial charge is 0.482 e. The van der Waals surface area contributed by atoms with Gasteiger partial charge in [0, 0.05) is 6.07 Å². The molecule has 1 aromatic rings. The van der Waals surface area contributed by atoms with E-state index in [1.165, 1.54) is 12.1 Å². The summed E-state index contributed by atoms with van der Waals surface area (Å²) in [5, 5.41) is 10.8. The van der Waals surface area contributed by atoms with Crippen LogP contribution in [0.4, 0.5) is 5.69 Å². The van der Waals surface area contributed by atoms with Crippen LogP contribution in [0.2, 0.25) is 0 Å². The number of nitro benzene ring substituents is 1. The van der Waals surface area contributed by atoms with Crippen LogP contribution < -0.4 is 4.74 Å². The van der Waals surface area contributed by atoms with E-state index in [1.54, 1.807) is 19.9 Å². The second-order valence-corrected chi connectivity index (χ2v) is 3.84. The SMILES string of the molecule is C=C(COc1cc(C)ccc1[N+](=O)[O-])C(=O)OCC. The van der Waals surface area contributed by atoms with Crippen LogP contribution in [0.1, 0.15) is 12.5 Å². The molecule has 0 fully saturated rings. The maximum Gasteiger partial charge on any atom is 0.336 e. The van der Waals surface area contributed by atoms with Gasteiger partial charge in [-0.2, -0.15) is 0 Å². The van der Waals surface area contributed by atoms with Crippen LogP contribution in [-0.4, -0.2) is 24.1 Å². The Morgan fingerprint density at radius 2 is 2.16 bits per heavy atom. The average molecular weight is 265 g/mol. The van der Waals surface area contributed by atoms with E-state index in [4.69, 9.17) is 9.47 Å². The second-order valence-electron chi connectivity index (χ2n) is 3.84. The topological polar surface area (TPSA) is 78.7 Å². The number of carbonyl (C=O) groups is 1. The van der Waals surface area contributed by atoms with Crippen molar-refractivity contribution < 1.29 is 19.2 Å². The van der Waals surface area contributed by atoms with Gasteiger partial charge in [-0.1, -0.05) is 12.6 Å². The van der Waals surface area contributed by atoms with Crippen LogP contribution in [0, 0.1) is 17.0 Å². The van der Waals surface area contributed by atoms with Gasteiger partial charge in [-0.3, -0.25) is 10.1 Å². The van der Waals surface area contributed by atoms with E-state index in [-0.39, 0.29) is 30.2 Å². The number of rotatable bonds is 6. The molecule has 0 aliphatic rings. The third kappa shape index (κ3) is 4.09. The minimum absolute atomic E-state index is 0.107. The molecule has 0 bridgehead atoms. The average Bonchev–Trinajstić information content (AvgIpc) is 2.35. The van der Waals surface area contributed by atoms with E-state index >= 15 is 0 Å². The zero-order chi connectivity index (χ0) is 14.4. The summed E-state index contributed by atoms with van der Waals surface area (Å²) >= 11 is 0. The maximum absolute atomic E-state index is 11.3. The summed E-state index contributed by atoms with van der Waals surface area (Å²) in [5.41, 5.74) is 0.780. The van der Waals surface area contributed by atoms with E-state index in [0.29, 0.717) is 0 Å². The van der Waals surface area contributed by atoms with Gasteiger partial charge in [0.1, 0.15) is 6.61 Å². The van der Waals surface area contributed by atoms with Crippen LogP contribution in [0.3, 0.4) is 0 Å². The molecule has 0 aliphatic carbocycles. The number of nitro groups is 1. The minimum Gasteiger partial charge on any atom is -0.482 e. The van der Waals surface area contributed by atoms with E-state index in [9.17, 15) is 14.9 Å². The summed E-state index contributed by atoms with van der Waals surface area (Å²) in [4.78, 5) is 21.6. The number of nitrogens with zero attached hydrogens (tertiary/aromatic N) is 1. The fourth-order valence-electron chi connectivity index (χ4n) is 1.34. The molecule has 0 heterocycles. The summed E-state index contributed by atoms with van der Waals surface area (Å²) in [6, 6.07) is 4.51. The zero-order valence-electron chi connectivity index (χ0n) is 10.8. The highest BCUT2D eigenvalue weighted by Gasteiger charge is 2.16. The summed E-state index contributed by atoms with van der Waals surface area (Å²) in [6.07, 6.45) is 0. The number of benzene rings is 1. The lowest BCUT2D eigenvalue weighted by Gasteiger charge is -2.09. The third-order valence-corrected chi connectivity index (χ3v) is 2.28. The van der Waals surface area contributed by atoms with Gasteiger partial charge in [-0.05, 0) is 25.5 Å². The first-order valence-electron chi connectivity index (χ1n) is 5.68. The molecule has 6 nitrogen and oxygen atoms in total. The molecule has 0 radical (unpaired) electrons. The molecule has 0 saturated heterocycles. The molecule has 1 rings (SSSR count). The van der Waals surface area contributed by atoms with Crippen LogP contribution in [0.5, 0.6) is 5.75 Å². The van der Waals surface area contributed by atoms with Gasteiger partial charge >= 0.3 is 11.7 Å². The van der Waals surface area contributed by atoms with E-state index in [2.05, 4.69) is 6.58 Å². The van der Waals surface area contributed by atoms with Crippen molar-refractivity contribution in [3.05, 3.63) is 46.0 Å². The van der Waals surface area contributed by atoms with Crippen LogP contribution in [0.25, 0.3) is 0 Å². The highest BCUT2D eigenvalue weighted by Crippen LogP contribution is 2.28. The molecule has 0 spiro atoms. The van der Waals surface area contributed by atoms with Crippen molar-refractivity contribution >= 4 is 11.7 Å². The van der Waals surface area contributed by atoms with Crippen LogP contribution >= 0.6 is 0 Å². The summed E-state index contributed by atoms with van der Waals surface area (Å²) in [6.45, 7) is 7.07. The Labute approximate surface area is 110 Å². The fourth-order valence-corrected chi connectivity index (χ4v) is 1.34. The van der Waals surface area contributed by atoms with Gasteiger partial charge in [0.05, 0.1) is 17.1 Å². The fraction of sp³-hybridized carbons (Fsp3) is 0.308. The summed E-state index contributed by atoms with van der Waals surface area (Å²) in [5.74, 6) is -0.465. The van der Waals surface area contributed by atoms with E-state index < -0.39 is 10.9 Å². The Morgan fingerprint density at radius 3 is 2.74 bits per heavy atom. The highest BCUT2D eigenvalue weighted by molar-refractivity contribution is 5.88. The van der Waals surface area contributed by atoms with Gasteiger partial charge in [0.2, 0.25) is 0 Å². The molecule has 0 unspecified atom stereocenters. The molecule has 0 saturated carbocycles. The number of hydrogen-bond acceptors (Lipinski definition) is 5. The summed E-state index contributed by atoms with van der Waals surface area (Å²) in [7, 11) is 0. The molecule has 0 N–H and O–H groups in total. The van der Waals surface area contributed by atoms with Gasteiger partial charge in [0.15, 0.2) is 5.75 Å². The lowest BCUT2D eigenvalue weighted by Crippen LogP contribution is -2.13. The van der Waals surface area contributed by atoms with E-state index in [0.717, 1.165) is 5.56 Å². The highest BCUT2D eigenvalue weighted by atomic mass is 16.6. The predicted molar refractivity (Wildman–Crippen MR) is 69.1 cm³/mol. The monoisotopic (exact) mass is 265 g/mol. The van der Waals surface area contributed by atoms with Crippen LogP contribution in [0.15, 0.2) is 30.4 Å². The molecular formula is C13H15NO5. The molecule has 1 aromatic carbocycles. The molecule has 19 heavy (non-hydrogen) atoms. The molecular weight excluding hydrogens is 250 g/mol. The second kappa shape index (κ2) is 6.53. The van der Waals surface area contributed by atoms with Crippen molar-refractivity contribution in [3.63, 3.8) is 0 Å². The predicted octanol–water partition coefficient (Wildman–Crippen LogP) is 2.40. The van der Waals surface area contributed by atoms with Crippen molar-refractivity contribution in [2.75, 3.05) is 13.2 Å². The zero-order valence-corrected chi connectivity index (χ0v) is 10.8. The van der Waals surface area contributed by atoms with E-state index in [1.807, 2.05) is 0 Å². The summed E-state index contributed by atoms with van der Waals surface area (Å²) < 4.78 is 10.0. The number of hydrogen-bond donors (Lipinski definition) is 0. The Morgan fingerprint density at radius 1 is 1.47 bits per heavy atom. The van der Waals surface area contributed by atoms with Gasteiger partial charge < -0.3 is 9.47 Å². The number of ether oxygens (including phenoxy) is 2. The first kappa shape index (κ1) is 14.7. The molecule has 6 heteroatoms. The maximum atomic E-state index is 11.3. The molecule has 0 amide bonds. The standard InChI is InChI=1S/C13H15NO5/c1-4-18-13(15)10(3)8-19-12-7-9(2)5-6-11(12)14(16)17/h5-7H,3-4,8H2,1-2H3. The van der Waals surface area contributed by atoms with Crippen LogP contribution in [-0.2, 0) is 9.53 Å². The van der Waals surface area contributed by atoms with Crippen molar-refractivity contribution in [2.24, 2.45) is 0 Å². The van der Waals surface area contributed by atoms with Gasteiger partial charge in [-0.25, -0.2) is 4.79 Å². The smallest absolute Gasteiger partial charge is 0.336 e. The molecule has 102 valence electrons. The quantitative estimate of drug-likeness (QED) is 0.341. The molecule has 0 aliphatic heterocycles. The minimum atomic E-state index is -0.571. The number of aryl methyl sites for hydroxylation is 1.